The van der Waals surface area contributed by atoms with Crippen LogP contribution in [0, 0.1) is 35.5 Å². The number of imide groups is 1. The highest BCUT2D eigenvalue weighted by atomic mass is 16.5. The molecule has 4 aliphatic carbocycles. The van der Waals surface area contributed by atoms with Crippen LogP contribution in [0.25, 0.3) is 0 Å². The van der Waals surface area contributed by atoms with Crippen LogP contribution in [-0.2, 0) is 9.59 Å². The summed E-state index contributed by atoms with van der Waals surface area (Å²) in [6, 6.07) is 14.6. The summed E-state index contributed by atoms with van der Waals surface area (Å²) in [6.07, 6.45) is 5.56. The van der Waals surface area contributed by atoms with E-state index < -0.39 is 0 Å². The summed E-state index contributed by atoms with van der Waals surface area (Å²) in [5.41, 5.74) is 0.620. The van der Waals surface area contributed by atoms with Gasteiger partial charge in [0, 0.05) is 0 Å². The molecule has 2 aromatic carbocycles. The number of nitrogens with zero attached hydrogens (tertiary/aromatic N) is 1. The maximum Gasteiger partial charge on any atom is 0.238 e. The van der Waals surface area contributed by atoms with Crippen molar-refractivity contribution in [3.63, 3.8) is 0 Å². The van der Waals surface area contributed by atoms with E-state index in [4.69, 9.17) is 9.47 Å². The summed E-state index contributed by atoms with van der Waals surface area (Å²) in [7, 11) is 1.60. The number of ether oxygens (including phenoxy) is 2. The first-order valence-electron chi connectivity index (χ1n) is 10.1. The molecule has 5 heteroatoms. The van der Waals surface area contributed by atoms with Crippen LogP contribution >= 0.6 is 0 Å². The summed E-state index contributed by atoms with van der Waals surface area (Å²) >= 11 is 0. The molecule has 0 spiro atoms. The molecule has 2 amide bonds. The van der Waals surface area contributed by atoms with Crippen LogP contribution in [0.4, 0.5) is 5.69 Å². The molecule has 29 heavy (non-hydrogen) atoms. The minimum absolute atomic E-state index is 0.0388. The standard InChI is InChI=1S/C24H21NO4/c1-28-19-4-2-3-5-20(19)29-14-8-6-13(7-9-14)25-23(26)21-15-10-11-16(18-12-17(15)18)22(21)24(25)27/h2-11,15-18,21-22H,12H2,1H3/t15-,16+,17-,18-,21+,22+/m1/s1. The number of para-hydroxylation sites is 2. The lowest BCUT2D eigenvalue weighted by Crippen LogP contribution is -2.40. The maximum absolute atomic E-state index is 13.2. The molecular weight excluding hydrogens is 366 g/mol. The van der Waals surface area contributed by atoms with E-state index in [0.717, 1.165) is 0 Å². The summed E-state index contributed by atoms with van der Waals surface area (Å²) in [5.74, 6) is 3.16. The first kappa shape index (κ1) is 16.8. The third-order valence-corrected chi connectivity index (χ3v) is 7.05. The number of allylic oxidation sites excluding steroid dienone is 2. The maximum atomic E-state index is 13.2. The Morgan fingerprint density at radius 2 is 1.41 bits per heavy atom. The summed E-state index contributed by atoms with van der Waals surface area (Å²) in [6.45, 7) is 0. The van der Waals surface area contributed by atoms with Crippen molar-refractivity contribution in [1.82, 2.24) is 0 Å². The van der Waals surface area contributed by atoms with E-state index in [-0.39, 0.29) is 35.5 Å². The van der Waals surface area contributed by atoms with Crippen LogP contribution in [0.3, 0.4) is 0 Å². The predicted octanol–water partition coefficient (Wildman–Crippen LogP) is 4.05. The molecule has 0 unspecified atom stereocenters. The van der Waals surface area contributed by atoms with E-state index in [0.29, 0.717) is 34.8 Å². The van der Waals surface area contributed by atoms with E-state index >= 15 is 0 Å². The topological polar surface area (TPSA) is 55.8 Å². The van der Waals surface area contributed by atoms with Gasteiger partial charge in [0.15, 0.2) is 11.5 Å². The molecule has 6 atom stereocenters. The van der Waals surface area contributed by atoms with Crippen molar-refractivity contribution in [1.29, 1.82) is 0 Å². The minimum atomic E-state index is -0.175. The summed E-state index contributed by atoms with van der Waals surface area (Å²) in [4.78, 5) is 27.8. The number of carbonyl (C=O) groups excluding carboxylic acids is 2. The average Bonchev–Trinajstić information content (AvgIpc) is 3.53. The second-order valence-corrected chi connectivity index (χ2v) is 8.41. The molecule has 3 fully saturated rings. The van der Waals surface area contributed by atoms with Crippen LogP contribution in [0.1, 0.15) is 6.42 Å². The van der Waals surface area contributed by atoms with Gasteiger partial charge in [0.1, 0.15) is 5.75 Å². The fourth-order valence-electron chi connectivity index (χ4n) is 5.70. The molecule has 2 aromatic rings. The van der Waals surface area contributed by atoms with Gasteiger partial charge >= 0.3 is 0 Å². The largest absolute Gasteiger partial charge is 0.493 e. The molecule has 2 bridgehead atoms. The van der Waals surface area contributed by atoms with Gasteiger partial charge in [0.05, 0.1) is 24.6 Å². The van der Waals surface area contributed by atoms with Crippen molar-refractivity contribution >= 4 is 17.5 Å². The predicted molar refractivity (Wildman–Crippen MR) is 107 cm³/mol. The third-order valence-electron chi connectivity index (χ3n) is 7.05. The van der Waals surface area contributed by atoms with Crippen molar-refractivity contribution in [2.24, 2.45) is 35.5 Å². The van der Waals surface area contributed by atoms with Crippen LogP contribution in [0.5, 0.6) is 17.2 Å². The van der Waals surface area contributed by atoms with Gasteiger partial charge in [-0.1, -0.05) is 24.3 Å². The summed E-state index contributed by atoms with van der Waals surface area (Å²) in [5, 5.41) is 0. The van der Waals surface area contributed by atoms with Crippen molar-refractivity contribution in [3.05, 3.63) is 60.7 Å². The molecule has 1 aliphatic heterocycles. The Labute approximate surface area is 168 Å². The number of methoxy groups -OCH3 is 1. The SMILES string of the molecule is COc1ccccc1Oc1ccc(N2C(=O)[C@H]3[C@@H]4C=C[C@@H]([C@H]5C[C@H]45)[C@@H]3C2=O)cc1. The van der Waals surface area contributed by atoms with E-state index in [9.17, 15) is 9.59 Å². The number of rotatable bonds is 4. The second kappa shape index (κ2) is 5.96. The first-order chi connectivity index (χ1) is 14.2. The molecule has 1 heterocycles. The second-order valence-electron chi connectivity index (χ2n) is 8.41. The highest BCUT2D eigenvalue weighted by Gasteiger charge is 2.67. The number of amides is 2. The normalized spacial score (nSPS) is 33.5. The number of benzene rings is 2. The smallest absolute Gasteiger partial charge is 0.238 e. The van der Waals surface area contributed by atoms with Crippen molar-refractivity contribution in [2.45, 2.75) is 6.42 Å². The van der Waals surface area contributed by atoms with Gasteiger partial charge in [-0.25, -0.2) is 0 Å². The third kappa shape index (κ3) is 2.33. The zero-order valence-corrected chi connectivity index (χ0v) is 16.0. The average molecular weight is 387 g/mol. The molecule has 5 aliphatic rings. The lowest BCUT2D eigenvalue weighted by Gasteiger charge is -2.37. The number of anilines is 1. The van der Waals surface area contributed by atoms with Gasteiger partial charge in [-0.3, -0.25) is 14.5 Å². The molecule has 7 rings (SSSR count). The van der Waals surface area contributed by atoms with Crippen molar-refractivity contribution < 1.29 is 19.1 Å². The molecular formula is C24H21NO4. The van der Waals surface area contributed by atoms with Crippen molar-refractivity contribution in [2.75, 3.05) is 12.0 Å². The molecule has 5 nitrogen and oxygen atoms in total. The quantitative estimate of drug-likeness (QED) is 0.587. The number of hydrogen-bond acceptors (Lipinski definition) is 4. The minimum Gasteiger partial charge on any atom is -0.493 e. The monoisotopic (exact) mass is 387 g/mol. The molecule has 0 N–H and O–H groups in total. The lowest BCUT2D eigenvalue weighted by atomic mass is 9.63. The van der Waals surface area contributed by atoms with Crippen LogP contribution in [0.15, 0.2) is 60.7 Å². The Hall–Kier alpha value is -3.08. The van der Waals surface area contributed by atoms with Gasteiger partial charge in [-0.15, -0.1) is 0 Å². The van der Waals surface area contributed by atoms with E-state index in [1.807, 2.05) is 24.3 Å². The van der Waals surface area contributed by atoms with Gasteiger partial charge in [-0.2, -0.15) is 0 Å². The molecule has 0 aromatic heterocycles. The molecule has 146 valence electrons. The highest BCUT2D eigenvalue weighted by molar-refractivity contribution is 6.22. The zero-order chi connectivity index (χ0) is 19.7. The van der Waals surface area contributed by atoms with Crippen molar-refractivity contribution in [3.8, 4) is 17.2 Å². The number of carbonyl (C=O) groups is 2. The van der Waals surface area contributed by atoms with Crippen LogP contribution in [0.2, 0.25) is 0 Å². The molecule has 0 radical (unpaired) electrons. The van der Waals surface area contributed by atoms with E-state index in [1.54, 1.807) is 31.4 Å². The fourth-order valence-corrected chi connectivity index (χ4v) is 5.70. The van der Waals surface area contributed by atoms with Crippen LogP contribution in [-0.4, -0.2) is 18.9 Å². The first-order valence-corrected chi connectivity index (χ1v) is 10.1. The Morgan fingerprint density at radius 1 is 0.828 bits per heavy atom. The van der Waals surface area contributed by atoms with E-state index in [1.165, 1.54) is 11.3 Å². The zero-order valence-electron chi connectivity index (χ0n) is 16.0. The van der Waals surface area contributed by atoms with Gasteiger partial charge in [0.25, 0.3) is 0 Å². The van der Waals surface area contributed by atoms with Crippen LogP contribution < -0.4 is 14.4 Å². The Balaban J connectivity index is 1.26. The lowest BCUT2D eigenvalue weighted by molar-refractivity contribution is -0.124. The fraction of sp³-hybridized carbons (Fsp3) is 0.333. The Bertz CT molecular complexity index is 1010. The Kier molecular flexibility index (Phi) is 3.46. The molecule has 2 saturated carbocycles. The Morgan fingerprint density at radius 3 is 2.00 bits per heavy atom. The van der Waals surface area contributed by atoms with Gasteiger partial charge < -0.3 is 9.47 Å². The highest BCUT2D eigenvalue weighted by Crippen LogP contribution is 2.65. The van der Waals surface area contributed by atoms with Gasteiger partial charge in [-0.05, 0) is 66.5 Å². The number of hydrogen-bond donors (Lipinski definition) is 0. The van der Waals surface area contributed by atoms with E-state index in [2.05, 4.69) is 12.2 Å². The molecule has 1 saturated heterocycles. The van der Waals surface area contributed by atoms with Gasteiger partial charge in [0.2, 0.25) is 11.8 Å². The summed E-state index contributed by atoms with van der Waals surface area (Å²) < 4.78 is 11.2.